The van der Waals surface area contributed by atoms with Crippen LogP contribution >= 0.6 is 11.3 Å². The second kappa shape index (κ2) is 6.80. The van der Waals surface area contributed by atoms with Crippen LogP contribution in [0.1, 0.15) is 22.4 Å². The minimum Gasteiger partial charge on any atom is -0.448 e. The summed E-state index contributed by atoms with van der Waals surface area (Å²) in [7, 11) is 0. The Bertz CT molecular complexity index is 779. The lowest BCUT2D eigenvalue weighted by Crippen LogP contribution is -2.37. The monoisotopic (exact) mass is 331 g/mol. The maximum Gasteiger partial charge on any atom is 0.315 e. The van der Waals surface area contributed by atoms with Gasteiger partial charge in [0.05, 0.1) is 13.1 Å². The number of nitrogens with zero attached hydrogens (tertiary/aromatic N) is 1. The largest absolute Gasteiger partial charge is 0.448 e. The van der Waals surface area contributed by atoms with E-state index in [9.17, 15) is 9.90 Å². The van der Waals surface area contributed by atoms with Gasteiger partial charge in [0, 0.05) is 9.58 Å². The smallest absolute Gasteiger partial charge is 0.315 e. The molecule has 3 aromatic rings. The molecule has 0 aliphatic rings. The summed E-state index contributed by atoms with van der Waals surface area (Å²) >= 11 is 1.53. The highest BCUT2D eigenvalue weighted by Crippen LogP contribution is 2.29. The Kier molecular flexibility index (Phi) is 4.59. The molecule has 0 bridgehead atoms. The molecular formula is C16H17N3O3S. The number of aryl methyl sites for hydroxylation is 1. The molecule has 0 aliphatic carbocycles. The van der Waals surface area contributed by atoms with Gasteiger partial charge >= 0.3 is 6.03 Å². The summed E-state index contributed by atoms with van der Waals surface area (Å²) in [5.74, 6) is 0.676. The molecule has 120 valence electrons. The Balaban J connectivity index is 1.51. The van der Waals surface area contributed by atoms with Crippen molar-refractivity contribution in [3.05, 3.63) is 53.1 Å². The summed E-state index contributed by atoms with van der Waals surface area (Å²) < 4.78 is 6.18. The van der Waals surface area contributed by atoms with Crippen molar-refractivity contribution in [2.24, 2.45) is 0 Å². The van der Waals surface area contributed by atoms with Gasteiger partial charge in [0.1, 0.15) is 17.6 Å². The number of nitrogens with one attached hydrogen (secondary N) is 2. The van der Waals surface area contributed by atoms with Crippen molar-refractivity contribution in [2.75, 3.05) is 6.54 Å². The van der Waals surface area contributed by atoms with Crippen molar-refractivity contribution in [3.63, 3.8) is 0 Å². The third kappa shape index (κ3) is 3.69. The number of carbonyl (C=O) groups excluding carboxylic acids is 1. The zero-order valence-electron chi connectivity index (χ0n) is 12.6. The number of benzene rings is 1. The Morgan fingerprint density at radius 2 is 2.22 bits per heavy atom. The van der Waals surface area contributed by atoms with Gasteiger partial charge < -0.3 is 20.2 Å². The second-order valence-electron chi connectivity index (χ2n) is 5.12. The molecular weight excluding hydrogens is 314 g/mol. The number of urea groups is 1. The zero-order valence-corrected chi connectivity index (χ0v) is 13.4. The molecule has 1 aromatic carbocycles. The maximum atomic E-state index is 11.8. The highest BCUT2D eigenvalue weighted by Gasteiger charge is 2.13. The number of aliphatic hydroxyl groups excluding tert-OH is 1. The first-order valence-electron chi connectivity index (χ1n) is 7.20. The molecule has 6 nitrogen and oxygen atoms in total. The zero-order chi connectivity index (χ0) is 16.2. The van der Waals surface area contributed by atoms with Crippen molar-refractivity contribution in [3.8, 4) is 0 Å². The van der Waals surface area contributed by atoms with E-state index in [2.05, 4.69) is 15.6 Å². The Labute approximate surface area is 137 Å². The van der Waals surface area contributed by atoms with Gasteiger partial charge in [-0.3, -0.25) is 0 Å². The van der Waals surface area contributed by atoms with Gasteiger partial charge in [0.2, 0.25) is 0 Å². The number of fused-ring (bicyclic) bond motifs is 1. The van der Waals surface area contributed by atoms with Crippen molar-refractivity contribution >= 4 is 27.5 Å². The third-order valence-corrected chi connectivity index (χ3v) is 4.71. The van der Waals surface area contributed by atoms with E-state index >= 15 is 0 Å². The van der Waals surface area contributed by atoms with Crippen LogP contribution in [0.4, 0.5) is 4.79 Å². The lowest BCUT2D eigenvalue weighted by molar-refractivity contribution is 0.176. The fraction of sp³-hybridized carbons (Fsp3) is 0.250. The summed E-state index contributed by atoms with van der Waals surface area (Å²) in [4.78, 5) is 16.6. The molecule has 7 heteroatoms. The van der Waals surface area contributed by atoms with E-state index in [4.69, 9.17) is 4.42 Å². The second-order valence-corrected chi connectivity index (χ2v) is 6.24. The van der Waals surface area contributed by atoms with E-state index in [1.165, 1.54) is 17.7 Å². The highest BCUT2D eigenvalue weighted by molar-refractivity contribution is 7.19. The van der Waals surface area contributed by atoms with E-state index in [0.717, 1.165) is 15.0 Å². The summed E-state index contributed by atoms with van der Waals surface area (Å²) in [6.45, 7) is 2.22. The van der Waals surface area contributed by atoms with Crippen LogP contribution in [0.5, 0.6) is 0 Å². The van der Waals surface area contributed by atoms with Crippen LogP contribution in [0.3, 0.4) is 0 Å². The quantitative estimate of drug-likeness (QED) is 0.671. The molecule has 1 unspecified atom stereocenters. The number of thiophene rings is 1. The number of aromatic nitrogens is 1. The van der Waals surface area contributed by atoms with E-state index < -0.39 is 6.10 Å². The minimum atomic E-state index is -0.730. The maximum absolute atomic E-state index is 11.8. The fourth-order valence-electron chi connectivity index (χ4n) is 2.18. The number of amides is 2. The van der Waals surface area contributed by atoms with Crippen LogP contribution < -0.4 is 10.6 Å². The van der Waals surface area contributed by atoms with Gasteiger partial charge in [-0.1, -0.05) is 18.2 Å². The molecule has 2 heterocycles. The van der Waals surface area contributed by atoms with E-state index in [0.29, 0.717) is 11.5 Å². The Morgan fingerprint density at radius 1 is 1.39 bits per heavy atom. The lowest BCUT2D eigenvalue weighted by Gasteiger charge is -2.10. The summed E-state index contributed by atoms with van der Waals surface area (Å²) in [5, 5.41) is 16.6. The number of aliphatic hydroxyl groups is 1. The number of hydrogen-bond acceptors (Lipinski definition) is 5. The molecule has 1 atom stereocenters. The SMILES string of the molecule is Cc1ocnc1CNC(=O)NCC(O)c1cc2ccccc2s1. The van der Waals surface area contributed by atoms with E-state index in [-0.39, 0.29) is 19.1 Å². The lowest BCUT2D eigenvalue weighted by atomic mass is 10.2. The number of hydrogen-bond donors (Lipinski definition) is 3. The average Bonchev–Trinajstić information content (AvgIpc) is 3.16. The van der Waals surface area contributed by atoms with E-state index in [1.54, 1.807) is 6.92 Å². The molecule has 0 saturated carbocycles. The van der Waals surface area contributed by atoms with Crippen molar-refractivity contribution in [1.29, 1.82) is 0 Å². The van der Waals surface area contributed by atoms with Crippen LogP contribution in [0.2, 0.25) is 0 Å². The normalized spacial score (nSPS) is 12.3. The average molecular weight is 331 g/mol. The number of rotatable bonds is 5. The van der Waals surface area contributed by atoms with Gasteiger partial charge in [-0.2, -0.15) is 0 Å². The van der Waals surface area contributed by atoms with Crippen LogP contribution in [0.15, 0.2) is 41.1 Å². The van der Waals surface area contributed by atoms with Crippen molar-refractivity contribution in [1.82, 2.24) is 15.6 Å². The van der Waals surface area contributed by atoms with Crippen molar-refractivity contribution < 1.29 is 14.3 Å². The molecule has 0 aliphatic heterocycles. The predicted octanol–water partition coefficient (Wildman–Crippen LogP) is 2.73. The predicted molar refractivity (Wildman–Crippen MR) is 88.3 cm³/mol. The topological polar surface area (TPSA) is 87.4 Å². The summed E-state index contributed by atoms with van der Waals surface area (Å²) in [6, 6.07) is 9.53. The van der Waals surface area contributed by atoms with E-state index in [1.807, 2.05) is 30.3 Å². The van der Waals surface area contributed by atoms with Gasteiger partial charge in [-0.05, 0) is 24.4 Å². The van der Waals surface area contributed by atoms with Crippen molar-refractivity contribution in [2.45, 2.75) is 19.6 Å². The van der Waals surface area contributed by atoms with Gasteiger partial charge in [-0.25, -0.2) is 9.78 Å². The van der Waals surface area contributed by atoms with Crippen LogP contribution in [-0.4, -0.2) is 22.7 Å². The minimum absolute atomic E-state index is 0.149. The molecule has 23 heavy (non-hydrogen) atoms. The molecule has 3 N–H and O–H groups in total. The fourth-order valence-corrected chi connectivity index (χ4v) is 3.23. The number of oxazole rings is 1. The molecule has 0 fully saturated rings. The van der Waals surface area contributed by atoms with Crippen LogP contribution in [0, 0.1) is 6.92 Å². The standard InChI is InChI=1S/C16H17N3O3S/c1-10-12(19-9-22-10)7-17-16(21)18-8-13(20)15-6-11-4-2-3-5-14(11)23-15/h2-6,9,13,20H,7-8H2,1H3,(H2,17,18,21). The van der Waals surface area contributed by atoms with Gasteiger partial charge in [-0.15, -0.1) is 11.3 Å². The van der Waals surface area contributed by atoms with Crippen LogP contribution in [-0.2, 0) is 6.54 Å². The van der Waals surface area contributed by atoms with Gasteiger partial charge in [0.25, 0.3) is 0 Å². The summed E-state index contributed by atoms with van der Waals surface area (Å²) in [5.41, 5.74) is 0.685. The molecule has 0 saturated heterocycles. The number of carbonyl (C=O) groups is 1. The first kappa shape index (κ1) is 15.5. The Hall–Kier alpha value is -2.38. The van der Waals surface area contributed by atoms with Gasteiger partial charge in [0.15, 0.2) is 6.39 Å². The first-order chi connectivity index (χ1) is 11.1. The molecule has 3 rings (SSSR count). The molecule has 2 aromatic heterocycles. The third-order valence-electron chi connectivity index (χ3n) is 3.49. The summed E-state index contributed by atoms with van der Waals surface area (Å²) in [6.07, 6.45) is 0.613. The first-order valence-corrected chi connectivity index (χ1v) is 8.02. The Morgan fingerprint density at radius 3 is 2.96 bits per heavy atom. The molecule has 2 amide bonds. The highest BCUT2D eigenvalue weighted by atomic mass is 32.1. The van der Waals surface area contributed by atoms with Crippen LogP contribution in [0.25, 0.3) is 10.1 Å². The molecule has 0 radical (unpaired) electrons. The molecule has 0 spiro atoms.